The summed E-state index contributed by atoms with van der Waals surface area (Å²) in [6, 6.07) is 23.8. The zero-order valence-corrected chi connectivity index (χ0v) is 18.8. The van der Waals surface area contributed by atoms with Crippen LogP contribution in [0.15, 0.2) is 88.8 Å². The van der Waals surface area contributed by atoms with Gasteiger partial charge in [-0.2, -0.15) is 0 Å². The topological polar surface area (TPSA) is 79.2 Å². The summed E-state index contributed by atoms with van der Waals surface area (Å²) in [5, 5.41) is 9.73. The van der Waals surface area contributed by atoms with Gasteiger partial charge in [0, 0.05) is 12.1 Å². The van der Waals surface area contributed by atoms with Gasteiger partial charge in [0.25, 0.3) is 5.91 Å². The predicted molar refractivity (Wildman–Crippen MR) is 131 cm³/mol. The molecule has 0 saturated carbocycles. The molecular formula is C26H22N2O4S. The highest BCUT2D eigenvalue weighted by Gasteiger charge is 2.32. The molecule has 1 N–H and O–H groups in total. The predicted octanol–water partition coefficient (Wildman–Crippen LogP) is 5.59. The van der Waals surface area contributed by atoms with Crippen LogP contribution in [-0.2, 0) is 11.4 Å². The Hall–Kier alpha value is -3.84. The minimum Gasteiger partial charge on any atom is -0.488 e. The van der Waals surface area contributed by atoms with Gasteiger partial charge in [-0.05, 0) is 54.6 Å². The SMILES string of the molecule is CCN1C(=O)/C(=C\c2ccccc2OCc2ccccc2)SC1=Nc1cccc(C(=O)O)c1. The highest BCUT2D eigenvalue weighted by atomic mass is 32.2. The molecule has 0 aliphatic carbocycles. The van der Waals surface area contributed by atoms with Gasteiger partial charge in [-0.1, -0.05) is 54.6 Å². The number of ether oxygens (including phenoxy) is 1. The van der Waals surface area contributed by atoms with E-state index in [0.29, 0.717) is 34.7 Å². The summed E-state index contributed by atoms with van der Waals surface area (Å²) in [5.74, 6) is -0.481. The van der Waals surface area contributed by atoms with Crippen molar-refractivity contribution in [3.63, 3.8) is 0 Å². The molecule has 0 bridgehead atoms. The summed E-state index contributed by atoms with van der Waals surface area (Å²) < 4.78 is 6.02. The number of nitrogens with zero attached hydrogens (tertiary/aromatic N) is 2. The molecule has 0 radical (unpaired) electrons. The molecule has 3 aromatic rings. The third-order valence-corrected chi connectivity index (χ3v) is 5.97. The number of hydrogen-bond donors (Lipinski definition) is 1. The van der Waals surface area contributed by atoms with Crippen molar-refractivity contribution in [2.75, 3.05) is 6.54 Å². The average Bonchev–Trinajstić information content (AvgIpc) is 3.12. The summed E-state index contributed by atoms with van der Waals surface area (Å²) in [5.41, 5.74) is 2.49. The first kappa shape index (κ1) is 22.4. The van der Waals surface area contributed by atoms with Crippen LogP contribution < -0.4 is 4.74 Å². The van der Waals surface area contributed by atoms with Crippen LogP contribution in [0.1, 0.15) is 28.4 Å². The number of amides is 1. The van der Waals surface area contributed by atoms with Crippen LogP contribution in [0.2, 0.25) is 0 Å². The van der Waals surface area contributed by atoms with Gasteiger partial charge in [0.2, 0.25) is 0 Å². The summed E-state index contributed by atoms with van der Waals surface area (Å²) in [7, 11) is 0. The van der Waals surface area contributed by atoms with E-state index < -0.39 is 5.97 Å². The molecular weight excluding hydrogens is 436 g/mol. The van der Waals surface area contributed by atoms with Crippen LogP contribution in [-0.4, -0.2) is 33.6 Å². The Labute approximate surface area is 196 Å². The second-order valence-corrected chi connectivity index (χ2v) is 8.23. The number of para-hydroxylation sites is 1. The Morgan fingerprint density at radius 3 is 2.58 bits per heavy atom. The normalized spacial score (nSPS) is 15.9. The van der Waals surface area contributed by atoms with E-state index in [-0.39, 0.29) is 11.5 Å². The van der Waals surface area contributed by atoms with Crippen molar-refractivity contribution >= 4 is 40.6 Å². The Morgan fingerprint density at radius 2 is 1.82 bits per heavy atom. The van der Waals surface area contributed by atoms with Crippen molar-refractivity contribution in [1.82, 2.24) is 4.90 Å². The smallest absolute Gasteiger partial charge is 0.335 e. The number of thioether (sulfide) groups is 1. The molecule has 1 fully saturated rings. The number of carbonyl (C=O) groups is 2. The lowest BCUT2D eigenvalue weighted by molar-refractivity contribution is -0.122. The van der Waals surface area contributed by atoms with E-state index in [0.717, 1.165) is 11.1 Å². The number of likely N-dealkylation sites (N-methyl/N-ethyl adjacent to an activating group) is 1. The van der Waals surface area contributed by atoms with E-state index in [9.17, 15) is 14.7 Å². The minimum atomic E-state index is -1.02. The fourth-order valence-electron chi connectivity index (χ4n) is 3.30. The molecule has 1 aliphatic rings. The van der Waals surface area contributed by atoms with E-state index in [1.807, 2.05) is 67.6 Å². The molecule has 7 heteroatoms. The number of hydrogen-bond acceptors (Lipinski definition) is 5. The van der Waals surface area contributed by atoms with Gasteiger partial charge in [-0.25, -0.2) is 9.79 Å². The summed E-state index contributed by atoms with van der Waals surface area (Å²) >= 11 is 1.26. The lowest BCUT2D eigenvalue weighted by atomic mass is 10.1. The fourth-order valence-corrected chi connectivity index (χ4v) is 4.35. The maximum Gasteiger partial charge on any atom is 0.335 e. The fraction of sp³-hybridized carbons (Fsp3) is 0.115. The number of amidine groups is 1. The lowest BCUT2D eigenvalue weighted by Crippen LogP contribution is -2.28. The maximum atomic E-state index is 13.0. The first-order chi connectivity index (χ1) is 16.0. The maximum absolute atomic E-state index is 13.0. The molecule has 0 spiro atoms. The van der Waals surface area contributed by atoms with Gasteiger partial charge in [-0.15, -0.1) is 0 Å². The van der Waals surface area contributed by atoms with Crippen LogP contribution in [0.3, 0.4) is 0 Å². The van der Waals surface area contributed by atoms with Crippen LogP contribution >= 0.6 is 11.8 Å². The summed E-state index contributed by atoms with van der Waals surface area (Å²) in [4.78, 5) is 30.9. The zero-order chi connectivity index (χ0) is 23.2. The standard InChI is InChI=1S/C26H22N2O4S/c1-2-28-24(29)23(33-26(28)27-21-13-8-12-20(15-21)25(30)31)16-19-11-6-7-14-22(19)32-17-18-9-4-3-5-10-18/h3-16H,2,17H2,1H3,(H,30,31)/b23-16+,27-26?. The molecule has 0 aromatic heterocycles. The van der Waals surface area contributed by atoms with Crippen LogP contribution in [0.25, 0.3) is 6.08 Å². The van der Waals surface area contributed by atoms with E-state index in [1.54, 1.807) is 17.0 Å². The first-order valence-corrected chi connectivity index (χ1v) is 11.3. The van der Waals surface area contributed by atoms with Gasteiger partial charge in [0.05, 0.1) is 16.2 Å². The molecule has 1 heterocycles. The third-order valence-electron chi connectivity index (χ3n) is 4.96. The molecule has 1 aliphatic heterocycles. The quantitative estimate of drug-likeness (QED) is 0.467. The van der Waals surface area contributed by atoms with Gasteiger partial charge in [0.1, 0.15) is 12.4 Å². The highest BCUT2D eigenvalue weighted by molar-refractivity contribution is 8.18. The first-order valence-electron chi connectivity index (χ1n) is 10.4. The molecule has 0 atom stereocenters. The number of rotatable bonds is 7. The van der Waals surface area contributed by atoms with Crippen LogP contribution in [0, 0.1) is 0 Å². The highest BCUT2D eigenvalue weighted by Crippen LogP contribution is 2.35. The molecule has 33 heavy (non-hydrogen) atoms. The second-order valence-electron chi connectivity index (χ2n) is 7.22. The molecule has 166 valence electrons. The summed E-state index contributed by atoms with van der Waals surface area (Å²) in [6.07, 6.45) is 1.81. The van der Waals surface area contributed by atoms with Crippen molar-refractivity contribution in [3.05, 3.63) is 100 Å². The van der Waals surface area contributed by atoms with E-state index in [4.69, 9.17) is 4.74 Å². The Balaban J connectivity index is 1.60. The summed E-state index contributed by atoms with van der Waals surface area (Å²) in [6.45, 7) is 2.75. The van der Waals surface area contributed by atoms with Crippen molar-refractivity contribution < 1.29 is 19.4 Å². The average molecular weight is 459 g/mol. The van der Waals surface area contributed by atoms with Gasteiger partial charge in [-0.3, -0.25) is 9.69 Å². The molecule has 3 aromatic carbocycles. The minimum absolute atomic E-state index is 0.145. The van der Waals surface area contributed by atoms with Crippen molar-refractivity contribution in [2.24, 2.45) is 4.99 Å². The Morgan fingerprint density at radius 1 is 1.06 bits per heavy atom. The zero-order valence-electron chi connectivity index (χ0n) is 18.0. The lowest BCUT2D eigenvalue weighted by Gasteiger charge is -2.12. The van der Waals surface area contributed by atoms with Crippen LogP contribution in [0.5, 0.6) is 5.75 Å². The van der Waals surface area contributed by atoms with Crippen molar-refractivity contribution in [3.8, 4) is 5.75 Å². The number of carboxylic acids is 1. The second kappa shape index (κ2) is 10.2. The van der Waals surface area contributed by atoms with E-state index in [1.165, 1.54) is 23.9 Å². The molecule has 1 saturated heterocycles. The monoisotopic (exact) mass is 458 g/mol. The number of benzene rings is 3. The van der Waals surface area contributed by atoms with E-state index in [2.05, 4.69) is 4.99 Å². The molecule has 0 unspecified atom stereocenters. The van der Waals surface area contributed by atoms with Gasteiger partial charge in [0.15, 0.2) is 5.17 Å². The number of carboxylic acid groups (broad SMARTS) is 1. The Bertz CT molecular complexity index is 1240. The van der Waals surface area contributed by atoms with E-state index >= 15 is 0 Å². The third kappa shape index (κ3) is 5.32. The molecule has 1 amide bonds. The van der Waals surface area contributed by atoms with Gasteiger partial charge >= 0.3 is 5.97 Å². The number of carbonyl (C=O) groups excluding carboxylic acids is 1. The molecule has 6 nitrogen and oxygen atoms in total. The van der Waals surface area contributed by atoms with Gasteiger partial charge < -0.3 is 9.84 Å². The number of aromatic carboxylic acids is 1. The molecule has 4 rings (SSSR count). The Kier molecular flexibility index (Phi) is 6.90. The van der Waals surface area contributed by atoms with Crippen LogP contribution in [0.4, 0.5) is 5.69 Å². The largest absolute Gasteiger partial charge is 0.488 e. The number of aliphatic imine (C=N–C) groups is 1. The van der Waals surface area contributed by atoms with Crippen molar-refractivity contribution in [1.29, 1.82) is 0 Å². The van der Waals surface area contributed by atoms with Crippen molar-refractivity contribution in [2.45, 2.75) is 13.5 Å².